The zero-order chi connectivity index (χ0) is 29.9. The summed E-state index contributed by atoms with van der Waals surface area (Å²) in [4.78, 5) is 47.0. The molecule has 1 fully saturated rings. The van der Waals surface area contributed by atoms with E-state index in [1.165, 1.54) is 28.9 Å². The van der Waals surface area contributed by atoms with Crippen LogP contribution in [0.25, 0.3) is 0 Å². The zero-order valence-corrected chi connectivity index (χ0v) is 25.5. The Hall–Kier alpha value is -3.11. The molecule has 2 aromatic heterocycles. The molecule has 4 rings (SSSR count). The van der Waals surface area contributed by atoms with Gasteiger partial charge in [-0.3, -0.25) is 19.8 Å². The molecule has 1 saturated heterocycles. The number of nitrogens with zero attached hydrogens (tertiary/aromatic N) is 6. The van der Waals surface area contributed by atoms with Crippen molar-refractivity contribution in [1.82, 2.24) is 30.1 Å². The summed E-state index contributed by atoms with van der Waals surface area (Å²) < 4.78 is 4.62. The molecular formula is C20H25N11O5S5. The van der Waals surface area contributed by atoms with Crippen LogP contribution in [0.5, 0.6) is 0 Å². The fourth-order valence-corrected chi connectivity index (χ4v) is 9.25. The van der Waals surface area contributed by atoms with Gasteiger partial charge in [-0.1, -0.05) is 35.3 Å². The van der Waals surface area contributed by atoms with Gasteiger partial charge >= 0.3 is 5.97 Å². The highest BCUT2D eigenvalue weighted by Crippen LogP contribution is 2.48. The number of carbonyl (C=O) groups is 3. The Morgan fingerprint density at radius 2 is 2.10 bits per heavy atom. The molecule has 2 aliphatic heterocycles. The van der Waals surface area contributed by atoms with E-state index in [-0.39, 0.29) is 28.2 Å². The second-order valence-electron chi connectivity index (χ2n) is 8.11. The third kappa shape index (κ3) is 6.09. The predicted molar refractivity (Wildman–Crippen MR) is 160 cm³/mol. The van der Waals surface area contributed by atoms with E-state index in [9.17, 15) is 24.7 Å². The van der Waals surface area contributed by atoms with Crippen LogP contribution in [-0.4, -0.2) is 88.7 Å². The second-order valence-corrected chi connectivity index (χ2v) is 13.7. The van der Waals surface area contributed by atoms with Gasteiger partial charge in [-0.15, -0.1) is 40.0 Å². The van der Waals surface area contributed by atoms with Crippen molar-refractivity contribution in [2.24, 2.45) is 21.6 Å². The number of carboxylic acid groups (broad SMARTS) is 1. The van der Waals surface area contributed by atoms with Crippen molar-refractivity contribution in [1.29, 1.82) is 0 Å². The molecule has 3 atom stereocenters. The van der Waals surface area contributed by atoms with Crippen LogP contribution in [0.3, 0.4) is 0 Å². The lowest BCUT2D eigenvalue weighted by molar-refractivity contribution is -0.150. The van der Waals surface area contributed by atoms with E-state index in [4.69, 9.17) is 17.2 Å². The SMILES string of the molecule is CCNC(N=C(N)N)(SCC)c1nnsc1SC1=C(C(=O)O)N2C(=O)[C@@H](NC(=O)/C(=N\O)c3csc(N)n3)[C@H]2SC1. The van der Waals surface area contributed by atoms with E-state index in [1.807, 2.05) is 13.8 Å². The Morgan fingerprint density at radius 3 is 2.68 bits per heavy atom. The number of aliphatic carboxylic acids is 1. The van der Waals surface area contributed by atoms with Gasteiger partial charge in [0.25, 0.3) is 11.8 Å². The molecule has 2 amide bonds. The molecule has 0 aromatic carbocycles. The van der Waals surface area contributed by atoms with Crippen LogP contribution < -0.4 is 27.8 Å². The molecule has 10 N–H and O–H groups in total. The van der Waals surface area contributed by atoms with Crippen molar-refractivity contribution >= 4 is 92.7 Å². The highest BCUT2D eigenvalue weighted by Gasteiger charge is 2.55. The van der Waals surface area contributed by atoms with Crippen LogP contribution in [0, 0.1) is 0 Å². The number of nitrogens with one attached hydrogen (secondary N) is 2. The highest BCUT2D eigenvalue weighted by molar-refractivity contribution is 8.07. The summed E-state index contributed by atoms with van der Waals surface area (Å²) in [5.41, 5.74) is 16.9. The number of carboxylic acids is 1. The predicted octanol–water partition coefficient (Wildman–Crippen LogP) is -0.0102. The molecule has 0 radical (unpaired) electrons. The summed E-state index contributed by atoms with van der Waals surface area (Å²) in [7, 11) is 0. The number of hydrogen-bond donors (Lipinski definition) is 7. The van der Waals surface area contributed by atoms with Crippen molar-refractivity contribution in [3.63, 3.8) is 0 Å². The van der Waals surface area contributed by atoms with Crippen LogP contribution in [0.4, 0.5) is 5.13 Å². The van der Waals surface area contributed by atoms with Gasteiger partial charge < -0.3 is 32.8 Å². The van der Waals surface area contributed by atoms with E-state index in [1.54, 1.807) is 0 Å². The number of thiazole rings is 1. The van der Waals surface area contributed by atoms with Gasteiger partial charge in [-0.05, 0) is 23.8 Å². The van der Waals surface area contributed by atoms with Gasteiger partial charge in [0.05, 0.1) is 0 Å². The average Bonchev–Trinajstić information content (AvgIpc) is 3.56. The van der Waals surface area contributed by atoms with Crippen molar-refractivity contribution in [2.45, 2.75) is 34.5 Å². The number of oxime groups is 1. The van der Waals surface area contributed by atoms with Crippen molar-refractivity contribution in [2.75, 3.05) is 23.8 Å². The molecule has 2 aliphatic rings. The summed E-state index contributed by atoms with van der Waals surface area (Å²) in [5, 5.41) is 33.4. The number of nitrogen functional groups attached to an aromatic ring is 1. The number of amides is 2. The first-order valence-corrected chi connectivity index (χ1v) is 16.2. The quantitative estimate of drug-likeness (QED) is 0.0395. The first-order valence-electron chi connectivity index (χ1n) is 11.7. The average molecular weight is 660 g/mol. The van der Waals surface area contributed by atoms with Crippen LogP contribution in [0.15, 0.2) is 30.3 Å². The van der Waals surface area contributed by atoms with Crippen LogP contribution in [0.1, 0.15) is 25.2 Å². The van der Waals surface area contributed by atoms with Gasteiger partial charge in [-0.25, -0.2) is 14.8 Å². The number of hydrogen-bond acceptors (Lipinski definition) is 16. The Kier molecular flexibility index (Phi) is 9.64. The molecule has 220 valence electrons. The van der Waals surface area contributed by atoms with E-state index in [0.29, 0.717) is 27.1 Å². The number of aromatic nitrogens is 3. The Labute approximate surface area is 253 Å². The number of thioether (sulfide) groups is 3. The molecule has 4 heterocycles. The zero-order valence-electron chi connectivity index (χ0n) is 21.4. The lowest BCUT2D eigenvalue weighted by Gasteiger charge is -2.49. The minimum atomic E-state index is -1.31. The smallest absolute Gasteiger partial charge is 0.353 e. The Bertz CT molecular complexity index is 1430. The first kappa shape index (κ1) is 30.8. The van der Waals surface area contributed by atoms with Gasteiger partial charge in [0.15, 0.2) is 16.8 Å². The highest BCUT2D eigenvalue weighted by atomic mass is 32.2. The summed E-state index contributed by atoms with van der Waals surface area (Å²) in [6.07, 6.45) is 0. The molecule has 0 bridgehead atoms. The number of guanidine groups is 1. The lowest BCUT2D eigenvalue weighted by Crippen LogP contribution is -2.71. The number of aliphatic imine (C=N–C) groups is 1. The summed E-state index contributed by atoms with van der Waals surface area (Å²) in [6.45, 7) is 4.32. The second kappa shape index (κ2) is 12.8. The maximum absolute atomic E-state index is 13.1. The summed E-state index contributed by atoms with van der Waals surface area (Å²) >= 11 is 5.88. The summed E-state index contributed by atoms with van der Waals surface area (Å²) in [5.74, 6) is -2.12. The number of fused-ring (bicyclic) bond motifs is 1. The molecule has 41 heavy (non-hydrogen) atoms. The van der Waals surface area contributed by atoms with E-state index < -0.39 is 39.9 Å². The van der Waals surface area contributed by atoms with E-state index in [0.717, 1.165) is 39.5 Å². The number of rotatable bonds is 12. The molecule has 0 saturated carbocycles. The fraction of sp³-hybridized carbons (Fsp3) is 0.400. The third-order valence-electron chi connectivity index (χ3n) is 5.55. The van der Waals surface area contributed by atoms with E-state index in [2.05, 4.69) is 35.4 Å². The fourth-order valence-electron chi connectivity index (χ4n) is 4.01. The monoisotopic (exact) mass is 659 g/mol. The van der Waals surface area contributed by atoms with Gasteiger partial charge in [0.1, 0.15) is 32.7 Å². The van der Waals surface area contributed by atoms with Crippen LogP contribution >= 0.6 is 58.2 Å². The molecule has 0 aliphatic carbocycles. The van der Waals surface area contributed by atoms with Crippen molar-refractivity contribution in [3.05, 3.63) is 27.4 Å². The minimum absolute atomic E-state index is 0.0433. The number of β-lactam (4-membered cyclic amide) rings is 1. The topological polar surface area (TPSA) is 260 Å². The molecular weight excluding hydrogens is 635 g/mol. The first-order chi connectivity index (χ1) is 19.6. The van der Waals surface area contributed by atoms with Crippen molar-refractivity contribution < 1.29 is 24.7 Å². The maximum Gasteiger partial charge on any atom is 0.353 e. The third-order valence-corrected chi connectivity index (χ3v) is 10.8. The maximum atomic E-state index is 13.1. The number of anilines is 1. The Balaban J connectivity index is 1.60. The number of nitrogens with two attached hydrogens (primary N) is 3. The Morgan fingerprint density at radius 1 is 1.34 bits per heavy atom. The molecule has 0 spiro atoms. The number of carbonyl (C=O) groups excluding carboxylic acids is 2. The normalized spacial score (nSPS) is 20.2. The molecule has 16 nitrogen and oxygen atoms in total. The van der Waals surface area contributed by atoms with Gasteiger partial charge in [-0.2, -0.15) is 0 Å². The standard InChI is InChI=1S/C20H25N11O5S5/c1-3-24-20(39-4-2,27-18(21)22)12-17(41-30-28-12)40-8-6-37-15-10(14(33)31(15)11(8)16(34)35)26-13(32)9(29-36)7-5-38-19(23)25-7/h5,10,15,24,36H,3-4,6H2,1-2H3,(H2,23,25)(H,26,32)(H,34,35)(H4,21,22,27)/b29-9-/t10-,15-,20?/m1/s1. The molecule has 1 unspecified atom stereocenters. The molecule has 21 heteroatoms. The van der Waals surface area contributed by atoms with Gasteiger partial charge in [0.2, 0.25) is 4.99 Å². The van der Waals surface area contributed by atoms with Crippen molar-refractivity contribution in [3.8, 4) is 0 Å². The van der Waals surface area contributed by atoms with E-state index >= 15 is 0 Å². The van der Waals surface area contributed by atoms with Crippen LogP contribution in [-0.2, 0) is 19.4 Å². The largest absolute Gasteiger partial charge is 0.477 e. The summed E-state index contributed by atoms with van der Waals surface area (Å²) in [6, 6.07) is -1.05. The van der Waals surface area contributed by atoms with Crippen LogP contribution in [0.2, 0.25) is 0 Å². The lowest BCUT2D eigenvalue weighted by atomic mass is 10.0. The minimum Gasteiger partial charge on any atom is -0.477 e. The van der Waals surface area contributed by atoms with Gasteiger partial charge in [0, 0.05) is 16.0 Å². The molecule has 2 aromatic rings.